The molecule has 7 nitrogen and oxygen atoms in total. The predicted octanol–water partition coefficient (Wildman–Crippen LogP) is 2.22. The highest BCUT2D eigenvalue weighted by atomic mass is 32.2. The van der Waals surface area contributed by atoms with Gasteiger partial charge in [0.2, 0.25) is 16.9 Å². The highest BCUT2D eigenvalue weighted by Gasteiger charge is 2.28. The fourth-order valence-electron chi connectivity index (χ4n) is 3.16. The number of carbonyl (C=O) groups is 2. The van der Waals surface area contributed by atoms with E-state index < -0.39 is 0 Å². The Hall–Kier alpha value is -2.13. The van der Waals surface area contributed by atoms with E-state index >= 15 is 0 Å². The monoisotopic (exact) mass is 419 g/mol. The Morgan fingerprint density at radius 3 is 2.54 bits per heavy atom. The zero-order chi connectivity index (χ0) is 19.9. The number of carbonyl (C=O) groups excluding carboxylic acids is 2. The van der Waals surface area contributed by atoms with Gasteiger partial charge in [0.25, 0.3) is 0 Å². The summed E-state index contributed by atoms with van der Waals surface area (Å²) in [6.07, 6.45) is 0.797. The Kier molecular flexibility index (Phi) is 7.27. The van der Waals surface area contributed by atoms with Gasteiger partial charge in [-0.2, -0.15) is 0 Å². The zero-order valence-corrected chi connectivity index (χ0v) is 17.8. The summed E-state index contributed by atoms with van der Waals surface area (Å²) in [5, 5.41) is 11.9. The molecule has 1 saturated heterocycles. The van der Waals surface area contributed by atoms with Gasteiger partial charge in [-0.15, -0.1) is 10.2 Å². The van der Waals surface area contributed by atoms with Crippen molar-refractivity contribution < 1.29 is 9.59 Å². The maximum Gasteiger partial charge on any atom is 0.230 e. The first-order chi connectivity index (χ1) is 13.6. The van der Waals surface area contributed by atoms with Gasteiger partial charge in [-0.1, -0.05) is 60.4 Å². The van der Waals surface area contributed by atoms with Gasteiger partial charge in [-0.25, -0.2) is 0 Å². The van der Waals surface area contributed by atoms with Crippen LogP contribution in [-0.2, 0) is 9.59 Å². The SMILES string of the molecule is CCC(C(=O)N1CCN(c2nnc(SCC(=O)NC)s2)CC1)c1ccccc1. The molecular weight excluding hydrogens is 394 g/mol. The number of piperazine rings is 1. The van der Waals surface area contributed by atoms with Gasteiger partial charge in [0.15, 0.2) is 4.34 Å². The molecule has 1 aromatic heterocycles. The number of anilines is 1. The summed E-state index contributed by atoms with van der Waals surface area (Å²) in [5.41, 5.74) is 1.08. The van der Waals surface area contributed by atoms with Crippen LogP contribution in [-0.4, -0.2) is 65.9 Å². The van der Waals surface area contributed by atoms with E-state index in [9.17, 15) is 9.59 Å². The highest BCUT2D eigenvalue weighted by Crippen LogP contribution is 2.29. The van der Waals surface area contributed by atoms with Crippen LogP contribution in [0.1, 0.15) is 24.8 Å². The van der Waals surface area contributed by atoms with Gasteiger partial charge in [0.05, 0.1) is 11.7 Å². The molecule has 1 aromatic carbocycles. The Bertz CT molecular complexity index is 791. The number of hydrogen-bond acceptors (Lipinski definition) is 7. The Labute approximate surface area is 173 Å². The molecule has 2 heterocycles. The van der Waals surface area contributed by atoms with Gasteiger partial charge in [-0.05, 0) is 12.0 Å². The largest absolute Gasteiger partial charge is 0.358 e. The van der Waals surface area contributed by atoms with Crippen LogP contribution >= 0.6 is 23.1 Å². The fourth-order valence-corrected chi connectivity index (χ4v) is 4.93. The van der Waals surface area contributed by atoms with E-state index in [4.69, 9.17) is 0 Å². The summed E-state index contributed by atoms with van der Waals surface area (Å²) in [4.78, 5) is 28.5. The Balaban J connectivity index is 1.55. The molecule has 0 bridgehead atoms. The zero-order valence-electron chi connectivity index (χ0n) is 16.1. The van der Waals surface area contributed by atoms with E-state index in [0.717, 1.165) is 34.5 Å². The van der Waals surface area contributed by atoms with Gasteiger partial charge >= 0.3 is 0 Å². The minimum absolute atomic E-state index is 0.0298. The third-order valence-corrected chi connectivity index (χ3v) is 6.89. The average Bonchev–Trinajstić information content (AvgIpc) is 3.22. The molecule has 2 aromatic rings. The van der Waals surface area contributed by atoms with Gasteiger partial charge in [0.1, 0.15) is 0 Å². The van der Waals surface area contributed by atoms with Gasteiger partial charge in [-0.3, -0.25) is 9.59 Å². The van der Waals surface area contributed by atoms with Crippen molar-refractivity contribution in [1.29, 1.82) is 0 Å². The fraction of sp³-hybridized carbons (Fsp3) is 0.474. The topological polar surface area (TPSA) is 78.4 Å². The van der Waals surface area contributed by atoms with Crippen LogP contribution in [0.2, 0.25) is 0 Å². The average molecular weight is 420 g/mol. The molecule has 0 aliphatic carbocycles. The van der Waals surface area contributed by atoms with E-state index in [1.807, 2.05) is 35.2 Å². The third kappa shape index (κ3) is 5.02. The minimum atomic E-state index is -0.0815. The van der Waals surface area contributed by atoms with Crippen molar-refractivity contribution in [3.63, 3.8) is 0 Å². The van der Waals surface area contributed by atoms with E-state index in [2.05, 4.69) is 27.3 Å². The normalized spacial score (nSPS) is 15.4. The number of rotatable bonds is 7. The summed E-state index contributed by atoms with van der Waals surface area (Å²) in [6, 6.07) is 10.0. The van der Waals surface area contributed by atoms with Crippen molar-refractivity contribution in [2.75, 3.05) is 43.9 Å². The van der Waals surface area contributed by atoms with E-state index in [0.29, 0.717) is 18.8 Å². The second kappa shape index (κ2) is 9.88. The summed E-state index contributed by atoms with van der Waals surface area (Å²) < 4.78 is 0.784. The molecule has 1 aliphatic heterocycles. The van der Waals surface area contributed by atoms with Gasteiger partial charge in [0, 0.05) is 33.2 Å². The number of nitrogens with zero attached hydrogens (tertiary/aromatic N) is 4. The van der Waals surface area contributed by atoms with Crippen molar-refractivity contribution in [2.45, 2.75) is 23.6 Å². The molecular formula is C19H25N5O2S2. The first kappa shape index (κ1) is 20.6. The van der Waals surface area contributed by atoms with Crippen LogP contribution in [0.4, 0.5) is 5.13 Å². The summed E-state index contributed by atoms with van der Waals surface area (Å²) in [7, 11) is 1.62. The van der Waals surface area contributed by atoms with Crippen LogP contribution in [0.5, 0.6) is 0 Å². The molecule has 1 unspecified atom stereocenters. The molecule has 1 fully saturated rings. The summed E-state index contributed by atoms with van der Waals surface area (Å²) in [5.74, 6) is 0.429. The second-order valence-electron chi connectivity index (χ2n) is 6.50. The standard InChI is InChI=1S/C19H25N5O2S2/c1-3-15(14-7-5-4-6-8-14)17(26)23-9-11-24(12-10-23)18-21-22-19(28-18)27-13-16(25)20-2/h4-8,15H,3,9-13H2,1-2H3,(H,20,25). The number of nitrogens with one attached hydrogen (secondary N) is 1. The van der Waals surface area contributed by atoms with E-state index in [1.54, 1.807) is 7.05 Å². The number of amides is 2. The van der Waals surface area contributed by atoms with Crippen LogP contribution < -0.4 is 10.2 Å². The molecule has 2 amide bonds. The molecule has 0 spiro atoms. The van der Waals surface area contributed by atoms with Gasteiger partial charge < -0.3 is 15.1 Å². The number of hydrogen-bond donors (Lipinski definition) is 1. The smallest absolute Gasteiger partial charge is 0.230 e. The van der Waals surface area contributed by atoms with Crippen molar-refractivity contribution in [3.8, 4) is 0 Å². The quantitative estimate of drug-likeness (QED) is 0.694. The van der Waals surface area contributed by atoms with E-state index in [-0.39, 0.29) is 17.7 Å². The Morgan fingerprint density at radius 1 is 1.18 bits per heavy atom. The summed E-state index contributed by atoms with van der Waals surface area (Å²) in [6.45, 7) is 4.91. The maximum atomic E-state index is 13.0. The molecule has 1 aliphatic rings. The summed E-state index contributed by atoms with van der Waals surface area (Å²) >= 11 is 2.88. The van der Waals surface area contributed by atoms with Crippen LogP contribution in [0.15, 0.2) is 34.7 Å². The third-order valence-electron chi connectivity index (χ3n) is 4.77. The lowest BCUT2D eigenvalue weighted by Gasteiger charge is -2.36. The van der Waals surface area contributed by atoms with Crippen LogP contribution in [0, 0.1) is 0 Å². The molecule has 28 heavy (non-hydrogen) atoms. The molecule has 9 heteroatoms. The predicted molar refractivity (Wildman–Crippen MR) is 113 cm³/mol. The lowest BCUT2D eigenvalue weighted by atomic mass is 9.95. The first-order valence-electron chi connectivity index (χ1n) is 9.38. The van der Waals surface area contributed by atoms with E-state index in [1.165, 1.54) is 23.1 Å². The highest BCUT2D eigenvalue weighted by molar-refractivity contribution is 8.01. The van der Waals surface area contributed by atoms with Crippen molar-refractivity contribution in [3.05, 3.63) is 35.9 Å². The number of aromatic nitrogens is 2. The molecule has 150 valence electrons. The lowest BCUT2D eigenvalue weighted by molar-refractivity contribution is -0.133. The second-order valence-corrected chi connectivity index (χ2v) is 8.67. The number of benzene rings is 1. The van der Waals surface area contributed by atoms with Crippen molar-refractivity contribution in [2.24, 2.45) is 0 Å². The molecule has 0 saturated carbocycles. The van der Waals surface area contributed by atoms with Crippen molar-refractivity contribution >= 4 is 40.0 Å². The molecule has 3 rings (SSSR count). The van der Waals surface area contributed by atoms with Crippen molar-refractivity contribution in [1.82, 2.24) is 20.4 Å². The molecule has 1 atom stereocenters. The van der Waals surface area contributed by atoms with Crippen LogP contribution in [0.3, 0.4) is 0 Å². The first-order valence-corrected chi connectivity index (χ1v) is 11.2. The number of thioether (sulfide) groups is 1. The lowest BCUT2D eigenvalue weighted by Crippen LogP contribution is -2.50. The minimum Gasteiger partial charge on any atom is -0.358 e. The Morgan fingerprint density at radius 2 is 1.89 bits per heavy atom. The molecule has 0 radical (unpaired) electrons. The maximum absolute atomic E-state index is 13.0. The molecule has 1 N–H and O–H groups in total. The van der Waals surface area contributed by atoms with Crippen LogP contribution in [0.25, 0.3) is 0 Å².